The van der Waals surface area contributed by atoms with E-state index in [1.165, 1.54) is 32.1 Å². The van der Waals surface area contributed by atoms with E-state index in [0.717, 1.165) is 44.4 Å². The molecule has 2 unspecified atom stereocenters. The molecule has 0 aromatic heterocycles. The Labute approximate surface area is 192 Å². The van der Waals surface area contributed by atoms with Crippen LogP contribution in [0.1, 0.15) is 105 Å². The monoisotopic (exact) mass is 458 g/mol. The van der Waals surface area contributed by atoms with Gasteiger partial charge in [0, 0.05) is 0 Å². The summed E-state index contributed by atoms with van der Waals surface area (Å²) in [6, 6.07) is 0. The predicted octanol–water partition coefficient (Wildman–Crippen LogP) is 7.13. The maximum absolute atomic E-state index is 13.1. The van der Waals surface area contributed by atoms with Crippen molar-refractivity contribution in [3.8, 4) is 0 Å². The van der Waals surface area contributed by atoms with Crippen molar-refractivity contribution in [2.24, 2.45) is 46.3 Å². The van der Waals surface area contributed by atoms with Crippen LogP contribution in [0.25, 0.3) is 0 Å². The molecule has 0 aliphatic heterocycles. The minimum Gasteiger partial charge on any atom is -0.390 e. The van der Waals surface area contributed by atoms with Crippen LogP contribution in [0.3, 0.4) is 0 Å². The van der Waals surface area contributed by atoms with E-state index in [9.17, 15) is 23.4 Å². The van der Waals surface area contributed by atoms with Crippen LogP contribution in [0.4, 0.5) is 13.2 Å². The molecule has 186 valence electrons. The zero-order valence-corrected chi connectivity index (χ0v) is 20.8. The average Bonchev–Trinajstić information content (AvgIpc) is 3.03. The normalized spacial score (nSPS) is 49.5. The zero-order chi connectivity index (χ0) is 23.7. The fourth-order valence-corrected chi connectivity index (χ4v) is 9.26. The largest absolute Gasteiger partial charge is 0.416 e. The van der Waals surface area contributed by atoms with Gasteiger partial charge in [-0.15, -0.1) is 0 Å². The standard InChI is InChI=1S/C27H45F3O2/c1-17(10-13-26(5,32)27(28,29)30)20-8-9-21-19-7-6-18-16-23(2,31)14-15-24(18,3)22(19)11-12-25(20,21)4/h17-22,31-32H,6-16H2,1-5H3/t17-,18-,19?,20-,21+,22+,23+,24+,25-,26?/m1/s1. The van der Waals surface area contributed by atoms with Gasteiger partial charge in [-0.2, -0.15) is 13.2 Å². The van der Waals surface area contributed by atoms with E-state index in [2.05, 4.69) is 20.8 Å². The van der Waals surface area contributed by atoms with E-state index in [-0.39, 0.29) is 17.8 Å². The minimum atomic E-state index is -4.56. The van der Waals surface area contributed by atoms with Crippen molar-refractivity contribution in [1.82, 2.24) is 0 Å². The summed E-state index contributed by atoms with van der Waals surface area (Å²) in [5.74, 6) is 3.42. The van der Waals surface area contributed by atoms with E-state index < -0.39 is 17.4 Å². The van der Waals surface area contributed by atoms with Gasteiger partial charge in [-0.25, -0.2) is 0 Å². The molecular formula is C27H45F3O2. The SMILES string of the molecule is C[C@H](CCC(C)(O)C(F)(F)F)[C@H]1CC[C@H]2C3CC[C@@H]4C[C@@](C)(O)CC[C@]4(C)[C@H]3CC[C@]12C. The number of fused-ring (bicyclic) bond motifs is 5. The van der Waals surface area contributed by atoms with Gasteiger partial charge in [-0.05, 0) is 131 Å². The molecule has 10 atom stereocenters. The quantitative estimate of drug-likeness (QED) is 0.471. The molecule has 0 bridgehead atoms. The van der Waals surface area contributed by atoms with E-state index in [1.807, 2.05) is 6.92 Å². The lowest BCUT2D eigenvalue weighted by Crippen LogP contribution is -2.55. The molecule has 32 heavy (non-hydrogen) atoms. The van der Waals surface area contributed by atoms with Crippen molar-refractivity contribution in [3.63, 3.8) is 0 Å². The summed E-state index contributed by atoms with van der Waals surface area (Å²) in [5, 5.41) is 20.6. The van der Waals surface area contributed by atoms with Crippen LogP contribution < -0.4 is 0 Å². The first-order chi connectivity index (χ1) is 14.6. The summed E-state index contributed by atoms with van der Waals surface area (Å²) in [6.45, 7) is 9.99. The smallest absolute Gasteiger partial charge is 0.390 e. The number of rotatable bonds is 4. The van der Waals surface area contributed by atoms with Crippen molar-refractivity contribution < 1.29 is 23.4 Å². The van der Waals surface area contributed by atoms with E-state index in [0.29, 0.717) is 29.6 Å². The average molecular weight is 459 g/mol. The van der Waals surface area contributed by atoms with Gasteiger partial charge in [-0.3, -0.25) is 0 Å². The lowest BCUT2D eigenvalue weighted by molar-refractivity contribution is -0.256. The summed E-state index contributed by atoms with van der Waals surface area (Å²) in [5.41, 5.74) is -2.55. The fourth-order valence-electron chi connectivity index (χ4n) is 9.26. The molecule has 2 nitrogen and oxygen atoms in total. The molecule has 4 saturated carbocycles. The molecule has 0 amide bonds. The zero-order valence-electron chi connectivity index (χ0n) is 20.8. The number of alkyl halides is 3. The van der Waals surface area contributed by atoms with Gasteiger partial charge < -0.3 is 10.2 Å². The second-order valence-corrected chi connectivity index (χ2v) is 13.4. The third-order valence-electron chi connectivity index (χ3n) is 11.4. The molecular weight excluding hydrogens is 413 g/mol. The van der Waals surface area contributed by atoms with Crippen molar-refractivity contribution >= 4 is 0 Å². The van der Waals surface area contributed by atoms with Crippen molar-refractivity contribution in [1.29, 1.82) is 0 Å². The highest BCUT2D eigenvalue weighted by atomic mass is 19.4. The number of aliphatic hydroxyl groups is 2. The number of hydrogen-bond donors (Lipinski definition) is 2. The van der Waals surface area contributed by atoms with Gasteiger partial charge >= 0.3 is 6.18 Å². The van der Waals surface area contributed by atoms with E-state index >= 15 is 0 Å². The minimum absolute atomic E-state index is 0.201. The summed E-state index contributed by atoms with van der Waals surface area (Å²) >= 11 is 0. The van der Waals surface area contributed by atoms with Crippen LogP contribution in [-0.2, 0) is 0 Å². The van der Waals surface area contributed by atoms with Gasteiger partial charge in [-0.1, -0.05) is 20.8 Å². The van der Waals surface area contributed by atoms with Crippen LogP contribution in [0.2, 0.25) is 0 Å². The van der Waals surface area contributed by atoms with E-state index in [1.54, 1.807) is 0 Å². The third-order valence-corrected chi connectivity index (χ3v) is 11.4. The van der Waals surface area contributed by atoms with Crippen LogP contribution in [0, 0.1) is 46.3 Å². The molecule has 0 heterocycles. The second kappa shape index (κ2) is 7.86. The summed E-state index contributed by atoms with van der Waals surface area (Å²) in [4.78, 5) is 0. The van der Waals surface area contributed by atoms with Crippen LogP contribution in [0.15, 0.2) is 0 Å². The Morgan fingerprint density at radius 1 is 0.906 bits per heavy atom. The highest BCUT2D eigenvalue weighted by Crippen LogP contribution is 2.69. The second-order valence-electron chi connectivity index (χ2n) is 13.4. The molecule has 4 fully saturated rings. The van der Waals surface area contributed by atoms with E-state index in [4.69, 9.17) is 0 Å². The van der Waals surface area contributed by atoms with Crippen LogP contribution in [0.5, 0.6) is 0 Å². The molecule has 0 spiro atoms. The summed E-state index contributed by atoms with van der Waals surface area (Å²) in [6.07, 6.45) is 5.85. The number of halogens is 3. The number of hydrogen-bond acceptors (Lipinski definition) is 2. The first-order valence-corrected chi connectivity index (χ1v) is 13.1. The maximum Gasteiger partial charge on any atom is 0.416 e. The molecule has 2 N–H and O–H groups in total. The van der Waals surface area contributed by atoms with Crippen molar-refractivity contribution in [2.75, 3.05) is 0 Å². The summed E-state index contributed by atoms with van der Waals surface area (Å²) < 4.78 is 39.4. The Bertz CT molecular complexity index is 702. The Hall–Kier alpha value is -0.290. The highest BCUT2D eigenvalue weighted by molar-refractivity contribution is 5.10. The molecule has 4 aliphatic carbocycles. The Kier molecular flexibility index (Phi) is 6.10. The molecule has 0 aromatic carbocycles. The fraction of sp³-hybridized carbons (Fsp3) is 1.00. The lowest BCUT2D eigenvalue weighted by Gasteiger charge is -2.62. The Balaban J connectivity index is 1.46. The predicted molar refractivity (Wildman–Crippen MR) is 121 cm³/mol. The third kappa shape index (κ3) is 3.95. The topological polar surface area (TPSA) is 40.5 Å². The first kappa shape index (κ1) is 24.8. The first-order valence-electron chi connectivity index (χ1n) is 13.1. The highest BCUT2D eigenvalue weighted by Gasteiger charge is 2.61. The Morgan fingerprint density at radius 3 is 2.22 bits per heavy atom. The van der Waals surface area contributed by atoms with Crippen molar-refractivity contribution in [2.45, 2.75) is 123 Å². The molecule has 5 heteroatoms. The van der Waals surface area contributed by atoms with Gasteiger partial charge in [0.2, 0.25) is 0 Å². The van der Waals surface area contributed by atoms with Gasteiger partial charge in [0.25, 0.3) is 0 Å². The van der Waals surface area contributed by atoms with Crippen molar-refractivity contribution in [3.05, 3.63) is 0 Å². The Morgan fingerprint density at radius 2 is 1.56 bits per heavy atom. The summed E-state index contributed by atoms with van der Waals surface area (Å²) in [7, 11) is 0. The maximum atomic E-state index is 13.1. The molecule has 0 saturated heterocycles. The molecule has 0 radical (unpaired) electrons. The van der Waals surface area contributed by atoms with Gasteiger partial charge in [0.15, 0.2) is 5.60 Å². The van der Waals surface area contributed by atoms with Crippen LogP contribution >= 0.6 is 0 Å². The molecule has 4 aliphatic rings. The van der Waals surface area contributed by atoms with Gasteiger partial charge in [0.1, 0.15) is 0 Å². The molecule has 4 rings (SSSR count). The lowest BCUT2D eigenvalue weighted by atomic mass is 9.43. The molecule has 0 aromatic rings. The van der Waals surface area contributed by atoms with Crippen LogP contribution in [-0.4, -0.2) is 27.6 Å². The van der Waals surface area contributed by atoms with Gasteiger partial charge in [0.05, 0.1) is 5.60 Å².